The van der Waals surface area contributed by atoms with Crippen LogP contribution in [0.1, 0.15) is 36.3 Å². The van der Waals surface area contributed by atoms with Gasteiger partial charge >= 0.3 is 0 Å². The number of hydrogen-bond donors (Lipinski definition) is 1. The summed E-state index contributed by atoms with van der Waals surface area (Å²) in [6, 6.07) is 16.0. The SMILES string of the molecule is Cc1ccccc1[C@H]1CCN(CCNC(=O)CCCn2cnc3ccccc3c2=O)C1. The van der Waals surface area contributed by atoms with Crippen molar-refractivity contribution < 1.29 is 4.79 Å². The molecule has 0 saturated carbocycles. The first-order chi connectivity index (χ1) is 15.1. The van der Waals surface area contributed by atoms with Crippen LogP contribution in [-0.4, -0.2) is 46.5 Å². The summed E-state index contributed by atoms with van der Waals surface area (Å²) in [6.45, 7) is 6.35. The van der Waals surface area contributed by atoms with Gasteiger partial charge in [0.2, 0.25) is 5.91 Å². The number of nitrogens with zero attached hydrogens (tertiary/aromatic N) is 3. The van der Waals surface area contributed by atoms with E-state index in [0.717, 1.165) is 19.6 Å². The number of likely N-dealkylation sites (tertiary alicyclic amines) is 1. The third-order valence-corrected chi connectivity index (χ3v) is 6.19. The van der Waals surface area contributed by atoms with Crippen molar-refractivity contribution in [3.63, 3.8) is 0 Å². The Hall–Kier alpha value is -2.99. The van der Waals surface area contributed by atoms with E-state index in [1.807, 2.05) is 18.2 Å². The molecule has 2 heterocycles. The van der Waals surface area contributed by atoms with Crippen molar-refractivity contribution >= 4 is 16.8 Å². The minimum Gasteiger partial charge on any atom is -0.355 e. The Kier molecular flexibility index (Phi) is 6.77. The Balaban J connectivity index is 1.17. The van der Waals surface area contributed by atoms with Crippen LogP contribution in [0.15, 0.2) is 59.7 Å². The third-order valence-electron chi connectivity index (χ3n) is 6.19. The molecule has 6 heteroatoms. The van der Waals surface area contributed by atoms with Crippen molar-refractivity contribution in [1.29, 1.82) is 0 Å². The molecule has 1 aliphatic heterocycles. The van der Waals surface area contributed by atoms with Gasteiger partial charge in [-0.2, -0.15) is 0 Å². The number of para-hydroxylation sites is 1. The Morgan fingerprint density at radius 1 is 1.13 bits per heavy atom. The van der Waals surface area contributed by atoms with E-state index < -0.39 is 0 Å². The Labute approximate surface area is 182 Å². The molecular weight excluding hydrogens is 388 g/mol. The van der Waals surface area contributed by atoms with Crippen molar-refractivity contribution in [2.75, 3.05) is 26.2 Å². The third kappa shape index (κ3) is 5.20. The average Bonchev–Trinajstić information content (AvgIpc) is 3.24. The highest BCUT2D eigenvalue weighted by Gasteiger charge is 2.24. The highest BCUT2D eigenvalue weighted by Crippen LogP contribution is 2.28. The topological polar surface area (TPSA) is 67.2 Å². The maximum absolute atomic E-state index is 12.5. The predicted molar refractivity (Wildman–Crippen MR) is 123 cm³/mol. The molecule has 0 bridgehead atoms. The fourth-order valence-corrected chi connectivity index (χ4v) is 4.45. The normalized spacial score (nSPS) is 16.6. The first-order valence-corrected chi connectivity index (χ1v) is 11.1. The van der Waals surface area contributed by atoms with Crippen molar-refractivity contribution in [3.8, 4) is 0 Å². The average molecular weight is 419 g/mol. The Morgan fingerprint density at radius 2 is 1.94 bits per heavy atom. The quantitative estimate of drug-likeness (QED) is 0.610. The predicted octanol–water partition coefficient (Wildman–Crippen LogP) is 3.09. The lowest BCUT2D eigenvalue weighted by Crippen LogP contribution is -2.34. The van der Waals surface area contributed by atoms with Gasteiger partial charge in [-0.25, -0.2) is 4.98 Å². The second-order valence-electron chi connectivity index (χ2n) is 8.36. The maximum Gasteiger partial charge on any atom is 0.261 e. The smallest absolute Gasteiger partial charge is 0.261 e. The van der Waals surface area contributed by atoms with E-state index in [4.69, 9.17) is 0 Å². The van der Waals surface area contributed by atoms with Gasteiger partial charge in [0.15, 0.2) is 0 Å². The molecule has 1 fully saturated rings. The standard InChI is InChI=1S/C25H30N4O2/c1-19-7-2-3-8-21(19)20-12-15-28(17-20)16-13-26-24(30)11-6-14-29-18-27-23-10-5-4-9-22(23)25(29)31/h2-5,7-10,18,20H,6,11-17H2,1H3,(H,26,30)/t20-/m0/s1. The highest BCUT2D eigenvalue weighted by atomic mass is 16.1. The number of nitrogens with one attached hydrogen (secondary N) is 1. The van der Waals surface area contributed by atoms with E-state index in [2.05, 4.69) is 46.4 Å². The van der Waals surface area contributed by atoms with Crippen LogP contribution in [0.25, 0.3) is 10.9 Å². The van der Waals surface area contributed by atoms with E-state index in [-0.39, 0.29) is 11.5 Å². The van der Waals surface area contributed by atoms with Gasteiger partial charge in [0.1, 0.15) is 0 Å². The van der Waals surface area contributed by atoms with Crippen molar-refractivity contribution in [2.24, 2.45) is 0 Å². The number of carbonyl (C=O) groups is 1. The van der Waals surface area contributed by atoms with Crippen LogP contribution in [0.2, 0.25) is 0 Å². The molecule has 31 heavy (non-hydrogen) atoms. The summed E-state index contributed by atoms with van der Waals surface area (Å²) in [5.41, 5.74) is 3.46. The van der Waals surface area contributed by atoms with E-state index in [0.29, 0.717) is 42.8 Å². The molecule has 1 aliphatic rings. The molecule has 6 nitrogen and oxygen atoms in total. The molecule has 0 spiro atoms. The molecule has 3 aromatic rings. The van der Waals surface area contributed by atoms with Gasteiger partial charge < -0.3 is 10.2 Å². The fraction of sp³-hybridized carbons (Fsp3) is 0.400. The van der Waals surface area contributed by atoms with Crippen LogP contribution < -0.4 is 10.9 Å². The summed E-state index contributed by atoms with van der Waals surface area (Å²) in [6.07, 6.45) is 3.77. The van der Waals surface area contributed by atoms with Crippen LogP contribution in [0.5, 0.6) is 0 Å². The molecule has 0 radical (unpaired) electrons. The fourth-order valence-electron chi connectivity index (χ4n) is 4.45. The maximum atomic E-state index is 12.5. The number of hydrogen-bond acceptors (Lipinski definition) is 4. The number of benzene rings is 2. The second kappa shape index (κ2) is 9.88. The zero-order valence-electron chi connectivity index (χ0n) is 18.1. The molecule has 4 rings (SSSR count). The molecule has 2 aromatic carbocycles. The lowest BCUT2D eigenvalue weighted by atomic mass is 9.94. The molecule has 1 N–H and O–H groups in total. The summed E-state index contributed by atoms with van der Waals surface area (Å²) in [5.74, 6) is 0.627. The number of fused-ring (bicyclic) bond motifs is 1. The van der Waals surface area contributed by atoms with Gasteiger partial charge in [-0.05, 0) is 55.5 Å². The number of aromatic nitrogens is 2. The lowest BCUT2D eigenvalue weighted by Gasteiger charge is -2.17. The molecule has 1 amide bonds. The van der Waals surface area contributed by atoms with Crippen LogP contribution in [-0.2, 0) is 11.3 Å². The van der Waals surface area contributed by atoms with E-state index >= 15 is 0 Å². The highest BCUT2D eigenvalue weighted by molar-refractivity contribution is 5.77. The molecular formula is C25H30N4O2. The molecule has 1 atom stereocenters. The van der Waals surface area contributed by atoms with E-state index in [9.17, 15) is 9.59 Å². The molecule has 1 aromatic heterocycles. The summed E-state index contributed by atoms with van der Waals surface area (Å²) in [5, 5.41) is 3.64. The zero-order valence-corrected chi connectivity index (χ0v) is 18.1. The van der Waals surface area contributed by atoms with E-state index in [1.165, 1.54) is 17.5 Å². The first-order valence-electron chi connectivity index (χ1n) is 11.1. The summed E-state index contributed by atoms with van der Waals surface area (Å²) >= 11 is 0. The summed E-state index contributed by atoms with van der Waals surface area (Å²) in [4.78, 5) is 31.4. The first kappa shape index (κ1) is 21.2. The van der Waals surface area contributed by atoms with Gasteiger partial charge in [-0.1, -0.05) is 36.4 Å². The Bertz CT molecular complexity index is 1110. The van der Waals surface area contributed by atoms with E-state index in [1.54, 1.807) is 17.0 Å². The number of amides is 1. The van der Waals surface area contributed by atoms with Gasteiger partial charge in [-0.15, -0.1) is 0 Å². The zero-order chi connectivity index (χ0) is 21.6. The molecule has 0 unspecified atom stereocenters. The Morgan fingerprint density at radius 3 is 2.81 bits per heavy atom. The lowest BCUT2D eigenvalue weighted by molar-refractivity contribution is -0.121. The second-order valence-corrected chi connectivity index (χ2v) is 8.36. The largest absolute Gasteiger partial charge is 0.355 e. The summed E-state index contributed by atoms with van der Waals surface area (Å²) < 4.78 is 1.59. The van der Waals surface area contributed by atoms with Gasteiger partial charge in [0, 0.05) is 32.6 Å². The van der Waals surface area contributed by atoms with Crippen LogP contribution in [0.3, 0.4) is 0 Å². The van der Waals surface area contributed by atoms with Crippen LogP contribution in [0, 0.1) is 6.92 Å². The van der Waals surface area contributed by atoms with Crippen molar-refractivity contribution in [1.82, 2.24) is 19.8 Å². The number of carbonyl (C=O) groups excluding carboxylic acids is 1. The number of rotatable bonds is 8. The van der Waals surface area contributed by atoms with Crippen molar-refractivity contribution in [3.05, 3.63) is 76.3 Å². The minimum atomic E-state index is -0.0525. The molecule has 1 saturated heterocycles. The number of aryl methyl sites for hydroxylation is 2. The van der Waals surface area contributed by atoms with Gasteiger partial charge in [0.05, 0.1) is 17.2 Å². The summed E-state index contributed by atoms with van der Waals surface area (Å²) in [7, 11) is 0. The van der Waals surface area contributed by atoms with Gasteiger partial charge in [0.25, 0.3) is 5.56 Å². The van der Waals surface area contributed by atoms with Crippen molar-refractivity contribution in [2.45, 2.75) is 38.6 Å². The van der Waals surface area contributed by atoms with Crippen LogP contribution >= 0.6 is 0 Å². The monoisotopic (exact) mass is 418 g/mol. The minimum absolute atomic E-state index is 0.0384. The molecule has 162 valence electrons. The van der Waals surface area contributed by atoms with Crippen LogP contribution in [0.4, 0.5) is 0 Å². The molecule has 0 aliphatic carbocycles. The van der Waals surface area contributed by atoms with Gasteiger partial charge in [-0.3, -0.25) is 14.2 Å².